The summed E-state index contributed by atoms with van der Waals surface area (Å²) in [6.45, 7) is 7.92. The number of nitrogens with zero attached hydrogens (tertiary/aromatic N) is 2. The Bertz CT molecular complexity index is 1030. The summed E-state index contributed by atoms with van der Waals surface area (Å²) in [5.41, 5.74) is 4.88. The van der Waals surface area contributed by atoms with Crippen molar-refractivity contribution >= 4 is 23.4 Å². The van der Waals surface area contributed by atoms with Crippen molar-refractivity contribution in [3.8, 4) is 11.3 Å². The molecule has 1 fully saturated rings. The van der Waals surface area contributed by atoms with Crippen LogP contribution in [-0.4, -0.2) is 30.2 Å². The van der Waals surface area contributed by atoms with Crippen LogP contribution in [0.25, 0.3) is 11.3 Å². The zero-order valence-electron chi connectivity index (χ0n) is 17.4. The Hall–Kier alpha value is -3.32. The molecule has 0 bridgehead atoms. The van der Waals surface area contributed by atoms with Crippen molar-refractivity contribution in [3.63, 3.8) is 0 Å². The summed E-state index contributed by atoms with van der Waals surface area (Å²) in [7, 11) is 0. The highest BCUT2D eigenvalue weighted by molar-refractivity contribution is 5.94. The number of rotatable bonds is 7. The first-order chi connectivity index (χ1) is 14.5. The molecule has 0 unspecified atom stereocenters. The van der Waals surface area contributed by atoms with E-state index in [-0.39, 0.29) is 12.1 Å². The third-order valence-corrected chi connectivity index (χ3v) is 5.06. The Morgan fingerprint density at radius 3 is 2.77 bits per heavy atom. The highest BCUT2D eigenvalue weighted by atomic mass is 16.5. The molecule has 0 saturated carbocycles. The lowest BCUT2D eigenvalue weighted by Crippen LogP contribution is -2.27. The zero-order valence-corrected chi connectivity index (χ0v) is 17.4. The fourth-order valence-electron chi connectivity index (χ4n) is 3.41. The third kappa shape index (κ3) is 4.31. The standard InChI is InChI=1S/C23H26N4O3/c1-4-29-14-17-6-5-15(2)20(11-17)26-22-24-12-21(30-22)18-7-9-19(10-8-18)27-13-16(3)25-23(27)28/h5-12,16H,4,13-14H2,1-3H3,(H,24,26)(H,25,28)/t16-/m1/s1. The van der Waals surface area contributed by atoms with Crippen LogP contribution in [0.5, 0.6) is 0 Å². The van der Waals surface area contributed by atoms with Crippen molar-refractivity contribution in [2.45, 2.75) is 33.4 Å². The van der Waals surface area contributed by atoms with Gasteiger partial charge in [0.1, 0.15) is 0 Å². The van der Waals surface area contributed by atoms with Crippen molar-refractivity contribution in [2.24, 2.45) is 0 Å². The molecule has 0 aliphatic carbocycles. The highest BCUT2D eigenvalue weighted by Crippen LogP contribution is 2.28. The molecule has 30 heavy (non-hydrogen) atoms. The number of urea groups is 1. The number of carbonyl (C=O) groups is 1. The molecule has 3 aromatic rings. The number of aryl methyl sites for hydroxylation is 1. The second-order valence-electron chi connectivity index (χ2n) is 7.45. The van der Waals surface area contributed by atoms with E-state index in [1.165, 1.54) is 0 Å². The van der Waals surface area contributed by atoms with Gasteiger partial charge in [0, 0.05) is 36.1 Å². The normalized spacial score (nSPS) is 16.0. The molecule has 7 nitrogen and oxygen atoms in total. The first-order valence-corrected chi connectivity index (χ1v) is 10.1. The Balaban J connectivity index is 1.47. The summed E-state index contributed by atoms with van der Waals surface area (Å²) in [6, 6.07) is 14.4. The summed E-state index contributed by atoms with van der Waals surface area (Å²) in [4.78, 5) is 18.1. The molecule has 2 aromatic carbocycles. The molecule has 2 N–H and O–H groups in total. The Morgan fingerprint density at radius 1 is 1.27 bits per heavy atom. The van der Waals surface area contributed by atoms with Crippen molar-refractivity contribution in [1.82, 2.24) is 10.3 Å². The molecular formula is C23H26N4O3. The number of benzene rings is 2. The van der Waals surface area contributed by atoms with Crippen LogP contribution in [0.4, 0.5) is 22.2 Å². The number of ether oxygens (including phenoxy) is 1. The lowest BCUT2D eigenvalue weighted by molar-refractivity contribution is 0.134. The van der Waals surface area contributed by atoms with E-state index in [9.17, 15) is 4.79 Å². The fraction of sp³-hybridized carbons (Fsp3) is 0.304. The molecule has 2 amide bonds. The van der Waals surface area contributed by atoms with Crippen molar-refractivity contribution in [1.29, 1.82) is 0 Å². The molecule has 156 valence electrons. The highest BCUT2D eigenvalue weighted by Gasteiger charge is 2.26. The second kappa shape index (κ2) is 8.59. The van der Waals surface area contributed by atoms with Gasteiger partial charge in [0.25, 0.3) is 6.01 Å². The molecule has 0 radical (unpaired) electrons. The molecule has 1 aliphatic heterocycles. The molecule has 1 aromatic heterocycles. The van der Waals surface area contributed by atoms with Crippen molar-refractivity contribution in [3.05, 3.63) is 59.8 Å². The maximum absolute atomic E-state index is 12.0. The van der Waals surface area contributed by atoms with E-state index in [0.717, 1.165) is 28.1 Å². The first kappa shape index (κ1) is 20.0. The van der Waals surface area contributed by atoms with Crippen molar-refractivity contribution < 1.29 is 13.9 Å². The lowest BCUT2D eigenvalue weighted by atomic mass is 10.1. The van der Waals surface area contributed by atoms with E-state index in [1.54, 1.807) is 11.1 Å². The number of nitrogens with one attached hydrogen (secondary N) is 2. The fourth-order valence-corrected chi connectivity index (χ4v) is 3.41. The Labute approximate surface area is 176 Å². The number of aromatic nitrogens is 1. The molecule has 7 heteroatoms. The van der Waals surface area contributed by atoms with E-state index < -0.39 is 0 Å². The Kier molecular flexibility index (Phi) is 5.72. The van der Waals surface area contributed by atoms with Crippen LogP contribution in [0.2, 0.25) is 0 Å². The van der Waals surface area contributed by atoms with E-state index in [4.69, 9.17) is 9.15 Å². The van der Waals surface area contributed by atoms with Crippen LogP contribution < -0.4 is 15.5 Å². The maximum atomic E-state index is 12.0. The smallest absolute Gasteiger partial charge is 0.322 e. The predicted octanol–water partition coefficient (Wildman–Crippen LogP) is 4.85. The van der Waals surface area contributed by atoms with Gasteiger partial charge in [-0.05, 0) is 62.2 Å². The number of hydrogen-bond donors (Lipinski definition) is 2. The van der Waals surface area contributed by atoms with Crippen LogP contribution >= 0.6 is 0 Å². The SMILES string of the molecule is CCOCc1ccc(C)c(Nc2ncc(-c3ccc(N4C[C@@H](C)NC4=O)cc3)o2)c1. The van der Waals surface area contributed by atoms with Gasteiger partial charge in [-0.3, -0.25) is 4.90 Å². The summed E-state index contributed by atoms with van der Waals surface area (Å²) >= 11 is 0. The zero-order chi connectivity index (χ0) is 21.1. The lowest BCUT2D eigenvalue weighted by Gasteiger charge is -2.14. The van der Waals surface area contributed by atoms with E-state index in [1.807, 2.05) is 51.1 Å². The number of anilines is 3. The van der Waals surface area contributed by atoms with Gasteiger partial charge in [0.15, 0.2) is 5.76 Å². The van der Waals surface area contributed by atoms with Gasteiger partial charge in [0.05, 0.1) is 12.8 Å². The molecule has 1 aliphatic rings. The van der Waals surface area contributed by atoms with Gasteiger partial charge in [-0.25, -0.2) is 9.78 Å². The van der Waals surface area contributed by atoms with Gasteiger partial charge < -0.3 is 19.8 Å². The molecular weight excluding hydrogens is 380 g/mol. The van der Waals surface area contributed by atoms with Gasteiger partial charge in [-0.15, -0.1) is 0 Å². The molecule has 1 saturated heterocycles. The van der Waals surface area contributed by atoms with E-state index in [0.29, 0.717) is 31.5 Å². The van der Waals surface area contributed by atoms with Crippen LogP contribution in [0.1, 0.15) is 25.0 Å². The van der Waals surface area contributed by atoms with Crippen LogP contribution in [-0.2, 0) is 11.3 Å². The number of amides is 2. The van der Waals surface area contributed by atoms with Crippen molar-refractivity contribution in [2.75, 3.05) is 23.4 Å². The molecule has 0 spiro atoms. The van der Waals surface area contributed by atoms with Gasteiger partial charge >= 0.3 is 6.03 Å². The number of hydrogen-bond acceptors (Lipinski definition) is 5. The third-order valence-electron chi connectivity index (χ3n) is 5.06. The summed E-state index contributed by atoms with van der Waals surface area (Å²) < 4.78 is 11.4. The quantitative estimate of drug-likeness (QED) is 0.586. The minimum absolute atomic E-state index is 0.0664. The number of carbonyl (C=O) groups excluding carboxylic acids is 1. The van der Waals surface area contributed by atoms with E-state index >= 15 is 0 Å². The summed E-state index contributed by atoms with van der Waals surface area (Å²) in [5.74, 6) is 0.659. The number of oxazole rings is 1. The van der Waals surface area contributed by atoms with Gasteiger partial charge in [-0.2, -0.15) is 0 Å². The van der Waals surface area contributed by atoms with Crippen LogP contribution in [0, 0.1) is 6.92 Å². The second-order valence-corrected chi connectivity index (χ2v) is 7.45. The summed E-state index contributed by atoms with van der Waals surface area (Å²) in [5, 5.41) is 6.15. The predicted molar refractivity (Wildman–Crippen MR) is 117 cm³/mol. The monoisotopic (exact) mass is 406 g/mol. The average Bonchev–Trinajstić information content (AvgIpc) is 3.34. The minimum atomic E-state index is -0.0664. The maximum Gasteiger partial charge on any atom is 0.322 e. The minimum Gasteiger partial charge on any atom is -0.423 e. The van der Waals surface area contributed by atoms with Gasteiger partial charge in [-0.1, -0.05) is 12.1 Å². The molecule has 2 heterocycles. The first-order valence-electron chi connectivity index (χ1n) is 10.1. The molecule has 4 rings (SSSR count). The van der Waals surface area contributed by atoms with Crippen LogP contribution in [0.3, 0.4) is 0 Å². The van der Waals surface area contributed by atoms with E-state index in [2.05, 4.69) is 27.8 Å². The van der Waals surface area contributed by atoms with Crippen LogP contribution in [0.15, 0.2) is 53.1 Å². The Morgan fingerprint density at radius 2 is 2.07 bits per heavy atom. The topological polar surface area (TPSA) is 79.6 Å². The summed E-state index contributed by atoms with van der Waals surface area (Å²) in [6.07, 6.45) is 1.70. The molecule has 1 atom stereocenters. The largest absolute Gasteiger partial charge is 0.423 e. The average molecular weight is 406 g/mol. The van der Waals surface area contributed by atoms with Gasteiger partial charge in [0.2, 0.25) is 0 Å².